The number of hydrogen-bond acceptors (Lipinski definition) is 6. The molecule has 0 heterocycles. The Morgan fingerprint density at radius 1 is 1.13 bits per heavy atom. The van der Waals surface area contributed by atoms with Crippen LogP contribution >= 0.6 is 0 Å². The third kappa shape index (κ3) is 5.07. The summed E-state index contributed by atoms with van der Waals surface area (Å²) in [6, 6.07) is 9.36. The van der Waals surface area contributed by atoms with Crippen LogP contribution in [0.1, 0.15) is 42.5 Å². The number of amides is 1. The minimum atomic E-state index is -4.11. The molecule has 1 aliphatic carbocycles. The molecule has 9 nitrogen and oxygen atoms in total. The van der Waals surface area contributed by atoms with Crippen LogP contribution in [0, 0.1) is 10.1 Å². The van der Waals surface area contributed by atoms with Gasteiger partial charge in [-0.1, -0.05) is 25.3 Å². The van der Waals surface area contributed by atoms with Crippen LogP contribution in [0.25, 0.3) is 0 Å². The molecule has 10 heteroatoms. The number of anilines is 1. The Morgan fingerprint density at radius 3 is 2.53 bits per heavy atom. The van der Waals surface area contributed by atoms with E-state index in [0.29, 0.717) is 0 Å². The van der Waals surface area contributed by atoms with Gasteiger partial charge in [0.1, 0.15) is 5.75 Å². The Bertz CT molecular complexity index is 1050. The van der Waals surface area contributed by atoms with Crippen molar-refractivity contribution < 1.29 is 22.9 Å². The molecule has 0 radical (unpaired) electrons. The second kappa shape index (κ2) is 9.12. The number of benzene rings is 2. The Labute approximate surface area is 174 Å². The maximum Gasteiger partial charge on any atom is 0.271 e. The Hall–Kier alpha value is -3.14. The van der Waals surface area contributed by atoms with E-state index in [1.54, 1.807) is 6.07 Å². The Kier molecular flexibility index (Phi) is 6.56. The molecule has 0 saturated heterocycles. The number of carbonyl (C=O) groups is 1. The van der Waals surface area contributed by atoms with Gasteiger partial charge in [-0.25, -0.2) is 8.42 Å². The van der Waals surface area contributed by atoms with Gasteiger partial charge in [-0.2, -0.15) is 0 Å². The second-order valence-electron chi connectivity index (χ2n) is 7.08. The topological polar surface area (TPSA) is 128 Å². The molecule has 3 rings (SSSR count). The van der Waals surface area contributed by atoms with Crippen molar-refractivity contribution in [1.29, 1.82) is 0 Å². The standard InChI is InChI=1S/C20H23N3O6S/c1-29-19-11-10-16(23(25)26)13-18(19)22-30(27,28)17-9-5-6-14(12-17)20(24)21-15-7-3-2-4-8-15/h5-6,9-13,15,22H,2-4,7-8H2,1H3,(H,21,24). The van der Waals surface area contributed by atoms with Crippen LogP contribution in [0.15, 0.2) is 47.4 Å². The summed E-state index contributed by atoms with van der Waals surface area (Å²) in [4.78, 5) is 22.8. The van der Waals surface area contributed by atoms with Crippen molar-refractivity contribution in [3.63, 3.8) is 0 Å². The van der Waals surface area contributed by atoms with Crippen molar-refractivity contribution in [3.05, 3.63) is 58.1 Å². The molecule has 1 aliphatic rings. The van der Waals surface area contributed by atoms with Crippen molar-refractivity contribution in [1.82, 2.24) is 5.32 Å². The van der Waals surface area contributed by atoms with Gasteiger partial charge in [0, 0.05) is 23.7 Å². The number of sulfonamides is 1. The largest absolute Gasteiger partial charge is 0.495 e. The van der Waals surface area contributed by atoms with E-state index in [-0.39, 0.29) is 39.5 Å². The van der Waals surface area contributed by atoms with E-state index in [9.17, 15) is 23.3 Å². The number of nitro groups is 1. The zero-order valence-electron chi connectivity index (χ0n) is 16.5. The van der Waals surface area contributed by atoms with Gasteiger partial charge < -0.3 is 10.1 Å². The molecule has 160 valence electrons. The van der Waals surface area contributed by atoms with Crippen LogP contribution in [0.2, 0.25) is 0 Å². The summed E-state index contributed by atoms with van der Waals surface area (Å²) >= 11 is 0. The summed E-state index contributed by atoms with van der Waals surface area (Å²) in [5.74, 6) is -0.192. The van der Waals surface area contributed by atoms with Gasteiger partial charge >= 0.3 is 0 Å². The third-order valence-electron chi connectivity index (χ3n) is 4.99. The highest BCUT2D eigenvalue weighted by Gasteiger charge is 2.22. The molecular formula is C20H23N3O6S. The number of rotatable bonds is 7. The number of hydrogen-bond donors (Lipinski definition) is 2. The molecule has 0 unspecified atom stereocenters. The normalized spacial score (nSPS) is 14.7. The molecule has 2 N–H and O–H groups in total. The minimum Gasteiger partial charge on any atom is -0.495 e. The lowest BCUT2D eigenvalue weighted by molar-refractivity contribution is -0.384. The molecule has 30 heavy (non-hydrogen) atoms. The number of non-ortho nitro benzene ring substituents is 1. The molecule has 0 spiro atoms. The highest BCUT2D eigenvalue weighted by atomic mass is 32.2. The lowest BCUT2D eigenvalue weighted by atomic mass is 9.95. The Balaban J connectivity index is 1.83. The number of nitrogens with zero attached hydrogens (tertiary/aromatic N) is 1. The lowest BCUT2D eigenvalue weighted by Crippen LogP contribution is -2.36. The molecule has 1 fully saturated rings. The monoisotopic (exact) mass is 433 g/mol. The summed E-state index contributed by atoms with van der Waals surface area (Å²) < 4.78 is 33.1. The van der Waals surface area contributed by atoms with Gasteiger partial charge in [-0.05, 0) is 37.1 Å². The van der Waals surface area contributed by atoms with Crippen LogP contribution in [0.3, 0.4) is 0 Å². The highest BCUT2D eigenvalue weighted by Crippen LogP contribution is 2.31. The Morgan fingerprint density at radius 2 is 1.87 bits per heavy atom. The molecule has 0 bridgehead atoms. The first-order chi connectivity index (χ1) is 14.3. The minimum absolute atomic E-state index is 0.0660. The van der Waals surface area contributed by atoms with E-state index >= 15 is 0 Å². The predicted molar refractivity (Wildman–Crippen MR) is 111 cm³/mol. The SMILES string of the molecule is COc1ccc([N+](=O)[O-])cc1NS(=O)(=O)c1cccc(C(=O)NC2CCCCC2)c1. The first kappa shape index (κ1) is 21.6. The van der Waals surface area contributed by atoms with E-state index in [2.05, 4.69) is 10.0 Å². The molecule has 2 aromatic rings. The quantitative estimate of drug-likeness (QED) is 0.508. The van der Waals surface area contributed by atoms with Crippen LogP contribution in [0.4, 0.5) is 11.4 Å². The fraction of sp³-hybridized carbons (Fsp3) is 0.350. The van der Waals surface area contributed by atoms with Gasteiger partial charge in [-0.3, -0.25) is 19.6 Å². The summed E-state index contributed by atoms with van der Waals surface area (Å²) in [7, 11) is -2.78. The number of methoxy groups -OCH3 is 1. The second-order valence-corrected chi connectivity index (χ2v) is 8.77. The van der Waals surface area contributed by atoms with Gasteiger partial charge in [0.25, 0.3) is 21.6 Å². The van der Waals surface area contributed by atoms with Crippen LogP contribution in [0.5, 0.6) is 5.75 Å². The van der Waals surface area contributed by atoms with E-state index in [4.69, 9.17) is 4.74 Å². The van der Waals surface area contributed by atoms with Crippen LogP contribution in [-0.2, 0) is 10.0 Å². The van der Waals surface area contributed by atoms with Crippen molar-refractivity contribution >= 4 is 27.3 Å². The maximum atomic E-state index is 12.8. The van der Waals surface area contributed by atoms with E-state index in [0.717, 1.165) is 38.2 Å². The predicted octanol–water partition coefficient (Wildman–Crippen LogP) is 3.47. The first-order valence-electron chi connectivity index (χ1n) is 9.56. The number of nitro benzene ring substituents is 1. The average Bonchev–Trinajstić information content (AvgIpc) is 2.74. The van der Waals surface area contributed by atoms with E-state index in [1.165, 1.54) is 37.4 Å². The molecule has 2 aromatic carbocycles. The number of nitrogens with one attached hydrogen (secondary N) is 2. The van der Waals surface area contributed by atoms with Gasteiger partial charge in [0.05, 0.1) is 22.6 Å². The van der Waals surface area contributed by atoms with Crippen LogP contribution in [-0.4, -0.2) is 32.4 Å². The number of carbonyl (C=O) groups excluding carboxylic acids is 1. The average molecular weight is 433 g/mol. The zero-order chi connectivity index (χ0) is 21.7. The first-order valence-corrected chi connectivity index (χ1v) is 11.0. The lowest BCUT2D eigenvalue weighted by Gasteiger charge is -2.22. The molecule has 0 aromatic heterocycles. The smallest absolute Gasteiger partial charge is 0.271 e. The molecule has 1 saturated carbocycles. The fourth-order valence-electron chi connectivity index (χ4n) is 3.41. The third-order valence-corrected chi connectivity index (χ3v) is 6.35. The van der Waals surface area contributed by atoms with Crippen LogP contribution < -0.4 is 14.8 Å². The summed E-state index contributed by atoms with van der Waals surface area (Å²) in [5, 5.41) is 14.0. The van der Waals surface area contributed by atoms with Crippen molar-refractivity contribution in [3.8, 4) is 5.75 Å². The molecule has 0 atom stereocenters. The number of ether oxygens (including phenoxy) is 1. The van der Waals surface area contributed by atoms with Gasteiger partial charge in [-0.15, -0.1) is 0 Å². The summed E-state index contributed by atoms with van der Waals surface area (Å²) in [5.41, 5.74) is -0.118. The molecular weight excluding hydrogens is 410 g/mol. The maximum absolute atomic E-state index is 12.8. The molecule has 0 aliphatic heterocycles. The highest BCUT2D eigenvalue weighted by molar-refractivity contribution is 7.92. The van der Waals surface area contributed by atoms with Gasteiger partial charge in [0.15, 0.2) is 0 Å². The van der Waals surface area contributed by atoms with Crippen molar-refractivity contribution in [2.45, 2.75) is 43.0 Å². The fourth-order valence-corrected chi connectivity index (χ4v) is 4.52. The summed E-state index contributed by atoms with van der Waals surface area (Å²) in [6.45, 7) is 0. The van der Waals surface area contributed by atoms with Crippen molar-refractivity contribution in [2.24, 2.45) is 0 Å². The van der Waals surface area contributed by atoms with Gasteiger partial charge in [0.2, 0.25) is 0 Å². The zero-order valence-corrected chi connectivity index (χ0v) is 17.3. The summed E-state index contributed by atoms with van der Waals surface area (Å²) in [6.07, 6.45) is 5.12. The van der Waals surface area contributed by atoms with E-state index in [1.807, 2.05) is 0 Å². The van der Waals surface area contributed by atoms with Crippen molar-refractivity contribution in [2.75, 3.05) is 11.8 Å². The van der Waals surface area contributed by atoms with E-state index < -0.39 is 14.9 Å². The molecule has 1 amide bonds.